The molecule has 2 N–H and O–H groups in total. The van der Waals surface area contributed by atoms with Crippen molar-refractivity contribution in [3.63, 3.8) is 0 Å². The Morgan fingerprint density at radius 2 is 1.92 bits per heavy atom. The summed E-state index contributed by atoms with van der Waals surface area (Å²) in [4.78, 5) is 4.21. The van der Waals surface area contributed by atoms with E-state index in [9.17, 15) is 0 Å². The van der Waals surface area contributed by atoms with Gasteiger partial charge in [-0.15, -0.1) is 24.0 Å². The summed E-state index contributed by atoms with van der Waals surface area (Å²) in [5.74, 6) is 2.25. The first-order chi connectivity index (χ1) is 11.3. The fourth-order valence-electron chi connectivity index (χ4n) is 2.25. The zero-order valence-corrected chi connectivity index (χ0v) is 17.1. The minimum Gasteiger partial charge on any atom is -0.486 e. The topological polar surface area (TPSA) is 68.0 Å². The van der Waals surface area contributed by atoms with E-state index in [0.717, 1.165) is 33.1 Å². The second-order valence-corrected chi connectivity index (χ2v) is 5.87. The maximum atomic E-state index is 5.64. The van der Waals surface area contributed by atoms with Crippen molar-refractivity contribution in [2.24, 2.45) is 4.99 Å². The maximum absolute atomic E-state index is 5.64. The maximum Gasteiger partial charge on any atom is 0.191 e. The normalized spacial score (nSPS) is 13.2. The van der Waals surface area contributed by atoms with Crippen molar-refractivity contribution in [2.75, 3.05) is 20.3 Å². The van der Waals surface area contributed by atoms with E-state index < -0.39 is 0 Å². The van der Waals surface area contributed by atoms with E-state index in [1.807, 2.05) is 18.2 Å². The van der Waals surface area contributed by atoms with Gasteiger partial charge in [-0.25, -0.2) is 0 Å². The lowest BCUT2D eigenvalue weighted by Crippen LogP contribution is -2.36. The first kappa shape index (κ1) is 18.9. The molecule has 1 aliphatic rings. The van der Waals surface area contributed by atoms with Crippen molar-refractivity contribution >= 4 is 45.9 Å². The molecule has 1 aromatic carbocycles. The highest BCUT2D eigenvalue weighted by Crippen LogP contribution is 2.38. The molecule has 0 saturated carbocycles. The molecular weight excluding hydrogens is 489 g/mol. The standard InChI is InChI=1S/C16H18BrN3O3.HI/c1-18-16(19-8-11-2-3-21-10-11)20-9-12-6-13(17)15-14(7-12)22-4-5-23-15;/h2-3,6-7,10H,4-5,8-9H2,1H3,(H2,18,19,20);1H. The van der Waals surface area contributed by atoms with E-state index >= 15 is 0 Å². The van der Waals surface area contributed by atoms with Gasteiger partial charge in [0.05, 0.1) is 17.0 Å². The van der Waals surface area contributed by atoms with Gasteiger partial charge in [0.15, 0.2) is 17.5 Å². The van der Waals surface area contributed by atoms with Gasteiger partial charge in [-0.1, -0.05) is 0 Å². The molecule has 2 aromatic rings. The van der Waals surface area contributed by atoms with E-state index in [2.05, 4.69) is 31.6 Å². The molecular formula is C16H19BrIN3O3. The number of nitrogens with one attached hydrogen (secondary N) is 2. The summed E-state index contributed by atoms with van der Waals surface area (Å²) in [5.41, 5.74) is 2.14. The van der Waals surface area contributed by atoms with Crippen molar-refractivity contribution < 1.29 is 13.9 Å². The Morgan fingerprint density at radius 1 is 1.17 bits per heavy atom. The van der Waals surface area contributed by atoms with Crippen molar-refractivity contribution in [3.8, 4) is 11.5 Å². The molecule has 0 radical (unpaired) electrons. The predicted molar refractivity (Wildman–Crippen MR) is 106 cm³/mol. The third kappa shape index (κ3) is 4.79. The Labute approximate surface area is 166 Å². The molecule has 3 rings (SSSR count). The molecule has 8 heteroatoms. The lowest BCUT2D eigenvalue weighted by molar-refractivity contribution is 0.170. The smallest absolute Gasteiger partial charge is 0.191 e. The molecule has 2 heterocycles. The van der Waals surface area contributed by atoms with Gasteiger partial charge in [0.25, 0.3) is 0 Å². The number of rotatable bonds is 4. The number of halogens is 2. The van der Waals surface area contributed by atoms with Gasteiger partial charge >= 0.3 is 0 Å². The number of ether oxygens (including phenoxy) is 2. The van der Waals surface area contributed by atoms with Gasteiger partial charge in [0.2, 0.25) is 0 Å². The van der Waals surface area contributed by atoms with Gasteiger partial charge in [-0.3, -0.25) is 4.99 Å². The summed E-state index contributed by atoms with van der Waals surface area (Å²) in [6.45, 7) is 2.43. The first-order valence-corrected chi connectivity index (χ1v) is 8.09. The Kier molecular flexibility index (Phi) is 7.22. The number of benzene rings is 1. The number of nitrogens with zero attached hydrogens (tertiary/aromatic N) is 1. The van der Waals surface area contributed by atoms with Crippen LogP contribution in [0.15, 0.2) is 44.6 Å². The van der Waals surface area contributed by atoms with E-state index in [1.54, 1.807) is 19.6 Å². The SMILES string of the molecule is CN=C(NCc1ccoc1)NCc1cc(Br)c2c(c1)OCCO2.I. The molecule has 0 aliphatic carbocycles. The van der Waals surface area contributed by atoms with Gasteiger partial charge in [0.1, 0.15) is 13.2 Å². The van der Waals surface area contributed by atoms with Crippen molar-refractivity contribution in [1.29, 1.82) is 0 Å². The van der Waals surface area contributed by atoms with Gasteiger partial charge in [-0.2, -0.15) is 0 Å². The number of furan rings is 1. The summed E-state index contributed by atoms with van der Waals surface area (Å²) in [5, 5.41) is 6.50. The molecule has 0 bridgehead atoms. The molecule has 130 valence electrons. The highest BCUT2D eigenvalue weighted by Gasteiger charge is 2.16. The van der Waals surface area contributed by atoms with Gasteiger partial charge < -0.3 is 24.5 Å². The van der Waals surface area contributed by atoms with E-state index in [-0.39, 0.29) is 24.0 Å². The van der Waals surface area contributed by atoms with Crippen LogP contribution in [0.1, 0.15) is 11.1 Å². The van der Waals surface area contributed by atoms with Crippen LogP contribution in [0.25, 0.3) is 0 Å². The molecule has 6 nitrogen and oxygen atoms in total. The van der Waals surface area contributed by atoms with Crippen LogP contribution in [0, 0.1) is 0 Å². The second kappa shape index (κ2) is 9.16. The quantitative estimate of drug-likeness (QED) is 0.377. The average Bonchev–Trinajstić information content (AvgIpc) is 3.08. The molecule has 0 fully saturated rings. The predicted octanol–water partition coefficient (Wildman–Crippen LogP) is 3.30. The van der Waals surface area contributed by atoms with Crippen molar-refractivity contribution in [2.45, 2.75) is 13.1 Å². The lowest BCUT2D eigenvalue weighted by Gasteiger charge is -2.20. The summed E-state index contributed by atoms with van der Waals surface area (Å²) in [7, 11) is 1.74. The molecule has 0 unspecified atom stereocenters. The number of aliphatic imine (C=N–C) groups is 1. The summed E-state index contributed by atoms with van der Waals surface area (Å²) in [6, 6.07) is 5.91. The molecule has 0 atom stereocenters. The molecule has 0 saturated heterocycles. The van der Waals surface area contributed by atoms with Crippen LogP contribution < -0.4 is 20.1 Å². The number of hydrogen-bond donors (Lipinski definition) is 2. The summed E-state index contributed by atoms with van der Waals surface area (Å²) in [6.07, 6.45) is 3.36. The van der Waals surface area contributed by atoms with Crippen LogP contribution in [0.2, 0.25) is 0 Å². The first-order valence-electron chi connectivity index (χ1n) is 7.30. The highest BCUT2D eigenvalue weighted by atomic mass is 127. The lowest BCUT2D eigenvalue weighted by atomic mass is 10.2. The molecule has 24 heavy (non-hydrogen) atoms. The fraction of sp³-hybridized carbons (Fsp3) is 0.312. The average molecular weight is 508 g/mol. The largest absolute Gasteiger partial charge is 0.486 e. The molecule has 0 spiro atoms. The number of hydrogen-bond acceptors (Lipinski definition) is 4. The third-order valence-electron chi connectivity index (χ3n) is 3.38. The minimum absolute atomic E-state index is 0. The van der Waals surface area contributed by atoms with E-state index in [4.69, 9.17) is 13.9 Å². The van der Waals surface area contributed by atoms with Crippen LogP contribution in [-0.2, 0) is 13.1 Å². The van der Waals surface area contributed by atoms with Crippen LogP contribution in [0.5, 0.6) is 11.5 Å². The molecule has 1 aromatic heterocycles. The van der Waals surface area contributed by atoms with Crippen LogP contribution in [0.4, 0.5) is 0 Å². The Hall–Kier alpha value is -1.42. The molecule has 0 amide bonds. The summed E-state index contributed by atoms with van der Waals surface area (Å²) < 4.78 is 17.2. The number of fused-ring (bicyclic) bond motifs is 1. The Morgan fingerprint density at radius 3 is 2.62 bits per heavy atom. The number of guanidine groups is 1. The van der Waals surface area contributed by atoms with E-state index in [1.165, 1.54) is 0 Å². The van der Waals surface area contributed by atoms with Gasteiger partial charge in [0, 0.05) is 25.7 Å². The molecule has 1 aliphatic heterocycles. The third-order valence-corrected chi connectivity index (χ3v) is 3.97. The summed E-state index contributed by atoms with van der Waals surface area (Å²) >= 11 is 3.52. The van der Waals surface area contributed by atoms with Crippen LogP contribution in [0.3, 0.4) is 0 Å². The Bertz CT molecular complexity index is 692. The van der Waals surface area contributed by atoms with Gasteiger partial charge in [-0.05, 0) is 39.7 Å². The second-order valence-electron chi connectivity index (χ2n) is 5.01. The highest BCUT2D eigenvalue weighted by molar-refractivity contribution is 14.0. The fourth-order valence-corrected chi connectivity index (χ4v) is 2.86. The zero-order valence-electron chi connectivity index (χ0n) is 13.2. The van der Waals surface area contributed by atoms with Crippen molar-refractivity contribution in [3.05, 3.63) is 46.3 Å². The monoisotopic (exact) mass is 507 g/mol. The minimum atomic E-state index is 0. The van der Waals surface area contributed by atoms with Crippen molar-refractivity contribution in [1.82, 2.24) is 10.6 Å². The van der Waals surface area contributed by atoms with Crippen LogP contribution >= 0.6 is 39.9 Å². The van der Waals surface area contributed by atoms with Crippen LogP contribution in [-0.4, -0.2) is 26.2 Å². The zero-order chi connectivity index (χ0) is 16.1. The Balaban J connectivity index is 0.00000208. The van der Waals surface area contributed by atoms with E-state index in [0.29, 0.717) is 26.3 Å².